The van der Waals surface area contributed by atoms with E-state index in [-0.39, 0.29) is 0 Å². The first kappa shape index (κ1) is 13.8. The predicted octanol–water partition coefficient (Wildman–Crippen LogP) is 3.54. The minimum absolute atomic E-state index is 0.604. The average Bonchev–Trinajstić information content (AvgIpc) is 2.93. The SMILES string of the molecule is CCCC(CC)NCc1ccn(-c2ccccc2)n1. The molecule has 0 spiro atoms. The summed E-state index contributed by atoms with van der Waals surface area (Å²) in [5.74, 6) is 0. The third-order valence-electron chi connectivity index (χ3n) is 3.37. The van der Waals surface area contributed by atoms with Gasteiger partial charge in [0.1, 0.15) is 0 Å². The Balaban J connectivity index is 1.94. The van der Waals surface area contributed by atoms with Crippen molar-refractivity contribution in [2.45, 2.75) is 45.7 Å². The molecule has 1 unspecified atom stereocenters. The Hall–Kier alpha value is -1.61. The second kappa shape index (κ2) is 7.10. The summed E-state index contributed by atoms with van der Waals surface area (Å²) in [6.45, 7) is 5.31. The Bertz CT molecular complexity index is 476. The van der Waals surface area contributed by atoms with Crippen molar-refractivity contribution in [3.63, 3.8) is 0 Å². The van der Waals surface area contributed by atoms with Crippen molar-refractivity contribution < 1.29 is 0 Å². The van der Waals surface area contributed by atoms with Gasteiger partial charge in [0.25, 0.3) is 0 Å². The summed E-state index contributed by atoms with van der Waals surface area (Å²) in [5, 5.41) is 8.18. The number of hydrogen-bond acceptors (Lipinski definition) is 2. The number of nitrogens with one attached hydrogen (secondary N) is 1. The zero-order chi connectivity index (χ0) is 13.5. The summed E-state index contributed by atoms with van der Waals surface area (Å²) in [4.78, 5) is 0. The molecule has 3 heteroatoms. The van der Waals surface area contributed by atoms with Crippen LogP contribution < -0.4 is 5.32 Å². The fraction of sp³-hybridized carbons (Fsp3) is 0.438. The van der Waals surface area contributed by atoms with Gasteiger partial charge in [0.2, 0.25) is 0 Å². The van der Waals surface area contributed by atoms with E-state index >= 15 is 0 Å². The summed E-state index contributed by atoms with van der Waals surface area (Å²) in [6.07, 6.45) is 5.65. The summed E-state index contributed by atoms with van der Waals surface area (Å²) in [5.41, 5.74) is 2.20. The van der Waals surface area contributed by atoms with Gasteiger partial charge in [-0.1, -0.05) is 38.5 Å². The van der Waals surface area contributed by atoms with Crippen LogP contribution in [0.3, 0.4) is 0 Å². The molecule has 3 nitrogen and oxygen atoms in total. The van der Waals surface area contributed by atoms with E-state index in [1.165, 1.54) is 19.3 Å². The Labute approximate surface area is 115 Å². The van der Waals surface area contributed by atoms with Crippen molar-refractivity contribution in [1.29, 1.82) is 0 Å². The van der Waals surface area contributed by atoms with Gasteiger partial charge in [-0.25, -0.2) is 4.68 Å². The van der Waals surface area contributed by atoms with E-state index in [0.717, 1.165) is 17.9 Å². The molecular weight excluding hydrogens is 234 g/mol. The van der Waals surface area contributed by atoms with Gasteiger partial charge in [0.15, 0.2) is 0 Å². The predicted molar refractivity (Wildman–Crippen MR) is 79.4 cm³/mol. The number of nitrogens with zero attached hydrogens (tertiary/aromatic N) is 2. The van der Waals surface area contributed by atoms with Crippen molar-refractivity contribution in [3.8, 4) is 5.69 Å². The van der Waals surface area contributed by atoms with Crippen LogP contribution in [0, 0.1) is 0 Å². The van der Waals surface area contributed by atoms with Crippen molar-refractivity contribution >= 4 is 0 Å². The summed E-state index contributed by atoms with van der Waals surface area (Å²) in [6, 6.07) is 12.9. The van der Waals surface area contributed by atoms with E-state index in [1.54, 1.807) is 0 Å². The topological polar surface area (TPSA) is 29.9 Å². The molecule has 0 aliphatic carbocycles. The highest BCUT2D eigenvalue weighted by Crippen LogP contribution is 2.08. The molecule has 0 saturated carbocycles. The highest BCUT2D eigenvalue weighted by molar-refractivity contribution is 5.30. The number of aromatic nitrogens is 2. The van der Waals surface area contributed by atoms with Gasteiger partial charge in [-0.3, -0.25) is 0 Å². The molecule has 0 amide bonds. The number of rotatable bonds is 7. The molecule has 102 valence electrons. The first-order valence-corrected chi connectivity index (χ1v) is 7.16. The molecule has 2 aromatic rings. The molecule has 1 N–H and O–H groups in total. The third kappa shape index (κ3) is 3.93. The van der Waals surface area contributed by atoms with Crippen LogP contribution in [0.2, 0.25) is 0 Å². The maximum atomic E-state index is 4.60. The highest BCUT2D eigenvalue weighted by Gasteiger charge is 2.06. The normalized spacial score (nSPS) is 12.5. The minimum atomic E-state index is 0.604. The largest absolute Gasteiger partial charge is 0.308 e. The van der Waals surface area contributed by atoms with Gasteiger partial charge in [0, 0.05) is 18.8 Å². The molecule has 0 radical (unpaired) electrons. The molecule has 0 bridgehead atoms. The Kier molecular flexibility index (Phi) is 5.16. The lowest BCUT2D eigenvalue weighted by molar-refractivity contribution is 0.458. The molecule has 1 aromatic heterocycles. The van der Waals surface area contributed by atoms with Crippen LogP contribution in [-0.4, -0.2) is 15.8 Å². The molecule has 0 fully saturated rings. The minimum Gasteiger partial charge on any atom is -0.308 e. The number of hydrogen-bond donors (Lipinski definition) is 1. The summed E-state index contributed by atoms with van der Waals surface area (Å²) >= 11 is 0. The maximum absolute atomic E-state index is 4.60. The smallest absolute Gasteiger partial charge is 0.0766 e. The lowest BCUT2D eigenvalue weighted by Crippen LogP contribution is -2.27. The third-order valence-corrected chi connectivity index (χ3v) is 3.37. The van der Waals surface area contributed by atoms with E-state index in [9.17, 15) is 0 Å². The zero-order valence-corrected chi connectivity index (χ0v) is 11.8. The summed E-state index contributed by atoms with van der Waals surface area (Å²) < 4.78 is 1.93. The van der Waals surface area contributed by atoms with E-state index in [2.05, 4.69) is 42.5 Å². The molecule has 19 heavy (non-hydrogen) atoms. The van der Waals surface area contributed by atoms with Gasteiger partial charge >= 0.3 is 0 Å². The molecule has 2 rings (SSSR count). The van der Waals surface area contributed by atoms with Crippen LogP contribution in [0.4, 0.5) is 0 Å². The Morgan fingerprint density at radius 3 is 2.63 bits per heavy atom. The van der Waals surface area contributed by atoms with E-state index in [1.807, 2.05) is 29.1 Å². The van der Waals surface area contributed by atoms with Crippen molar-refractivity contribution in [1.82, 2.24) is 15.1 Å². The molecule has 1 aromatic carbocycles. The summed E-state index contributed by atoms with van der Waals surface area (Å²) in [7, 11) is 0. The van der Waals surface area contributed by atoms with Crippen LogP contribution in [0.15, 0.2) is 42.6 Å². The van der Waals surface area contributed by atoms with Crippen molar-refractivity contribution in [2.75, 3.05) is 0 Å². The Morgan fingerprint density at radius 2 is 1.95 bits per heavy atom. The molecule has 0 aliphatic rings. The molecular formula is C16H23N3. The average molecular weight is 257 g/mol. The number of para-hydroxylation sites is 1. The van der Waals surface area contributed by atoms with Crippen LogP contribution in [0.5, 0.6) is 0 Å². The van der Waals surface area contributed by atoms with Gasteiger partial charge in [0.05, 0.1) is 11.4 Å². The van der Waals surface area contributed by atoms with Crippen molar-refractivity contribution in [3.05, 3.63) is 48.3 Å². The monoisotopic (exact) mass is 257 g/mol. The Morgan fingerprint density at radius 1 is 1.16 bits per heavy atom. The quantitative estimate of drug-likeness (QED) is 0.822. The van der Waals surface area contributed by atoms with Gasteiger partial charge < -0.3 is 5.32 Å². The van der Waals surface area contributed by atoms with Gasteiger partial charge in [-0.2, -0.15) is 5.10 Å². The second-order valence-electron chi connectivity index (χ2n) is 4.86. The van der Waals surface area contributed by atoms with Crippen LogP contribution in [-0.2, 0) is 6.54 Å². The molecule has 1 atom stereocenters. The lowest BCUT2D eigenvalue weighted by atomic mass is 10.1. The first-order valence-electron chi connectivity index (χ1n) is 7.16. The van der Waals surface area contributed by atoms with Crippen LogP contribution >= 0.6 is 0 Å². The van der Waals surface area contributed by atoms with E-state index in [0.29, 0.717) is 6.04 Å². The van der Waals surface area contributed by atoms with Crippen molar-refractivity contribution in [2.24, 2.45) is 0 Å². The fourth-order valence-corrected chi connectivity index (χ4v) is 2.23. The molecule has 1 heterocycles. The maximum Gasteiger partial charge on any atom is 0.0766 e. The molecule has 0 aliphatic heterocycles. The van der Waals surface area contributed by atoms with E-state index in [4.69, 9.17) is 0 Å². The van der Waals surface area contributed by atoms with Crippen LogP contribution in [0.25, 0.3) is 5.69 Å². The first-order chi connectivity index (χ1) is 9.33. The standard InChI is InChI=1S/C16H23N3/c1-3-8-14(4-2)17-13-15-11-12-19(18-15)16-9-6-5-7-10-16/h5-7,9-12,14,17H,3-4,8,13H2,1-2H3. The zero-order valence-electron chi connectivity index (χ0n) is 11.8. The lowest BCUT2D eigenvalue weighted by Gasteiger charge is -2.14. The van der Waals surface area contributed by atoms with E-state index < -0.39 is 0 Å². The fourth-order valence-electron chi connectivity index (χ4n) is 2.23. The van der Waals surface area contributed by atoms with Gasteiger partial charge in [-0.15, -0.1) is 0 Å². The molecule has 0 saturated heterocycles. The van der Waals surface area contributed by atoms with Gasteiger partial charge in [-0.05, 0) is 31.0 Å². The second-order valence-corrected chi connectivity index (χ2v) is 4.86. The highest BCUT2D eigenvalue weighted by atomic mass is 15.3. The van der Waals surface area contributed by atoms with Crippen LogP contribution in [0.1, 0.15) is 38.8 Å². The number of benzene rings is 1.